The molecule has 3 rings (SSSR count). The summed E-state index contributed by atoms with van der Waals surface area (Å²) >= 11 is 0. The summed E-state index contributed by atoms with van der Waals surface area (Å²) < 4.78 is 32.4. The van der Waals surface area contributed by atoms with Gasteiger partial charge in [0.25, 0.3) is 5.56 Å². The van der Waals surface area contributed by atoms with Gasteiger partial charge in [-0.25, -0.2) is 19.8 Å². The van der Waals surface area contributed by atoms with Crippen LogP contribution in [0, 0.1) is 0 Å². The highest BCUT2D eigenvalue weighted by molar-refractivity contribution is 7.84. The van der Waals surface area contributed by atoms with Crippen LogP contribution in [0.25, 0.3) is 11.0 Å². The topological polar surface area (TPSA) is 209 Å². The third kappa shape index (κ3) is 2.85. The minimum atomic E-state index is -4.25. The molecule has 1 saturated heterocycles. The van der Waals surface area contributed by atoms with E-state index in [1.807, 2.05) is 0 Å². The zero-order valence-electron chi connectivity index (χ0n) is 11.9. The fourth-order valence-corrected chi connectivity index (χ4v) is 2.76. The molecule has 13 nitrogen and oxygen atoms in total. The van der Waals surface area contributed by atoms with Crippen molar-refractivity contribution in [3.63, 3.8) is 0 Å². The van der Waals surface area contributed by atoms with Crippen LogP contribution in [-0.4, -0.2) is 63.3 Å². The zero-order chi connectivity index (χ0) is 17.6. The van der Waals surface area contributed by atoms with Crippen molar-refractivity contribution in [2.75, 3.05) is 12.3 Å². The van der Waals surface area contributed by atoms with Gasteiger partial charge < -0.3 is 20.7 Å². The van der Waals surface area contributed by atoms with E-state index in [1.54, 1.807) is 0 Å². The highest BCUT2D eigenvalue weighted by Crippen LogP contribution is 2.31. The minimum absolute atomic E-state index is 0.00738. The molecule has 0 aromatic carbocycles. The van der Waals surface area contributed by atoms with Crippen LogP contribution in [0.15, 0.2) is 11.1 Å². The van der Waals surface area contributed by atoms with Gasteiger partial charge in [0.1, 0.15) is 35.8 Å². The summed E-state index contributed by atoms with van der Waals surface area (Å²) in [5.41, 5.74) is 5.06. The summed E-state index contributed by atoms with van der Waals surface area (Å²) in [4.78, 5) is 19.5. The van der Waals surface area contributed by atoms with Gasteiger partial charge in [0.2, 0.25) is 0 Å². The third-order valence-electron chi connectivity index (χ3n) is 3.52. The number of aromatic nitrogens is 4. The molecule has 0 aliphatic carbocycles. The lowest BCUT2D eigenvalue weighted by molar-refractivity contribution is -0.0528. The molecule has 0 amide bonds. The van der Waals surface area contributed by atoms with Gasteiger partial charge in [-0.1, -0.05) is 0 Å². The molecule has 2 aromatic rings. The normalized spacial score (nSPS) is 27.8. The van der Waals surface area contributed by atoms with Crippen LogP contribution in [0.3, 0.4) is 0 Å². The van der Waals surface area contributed by atoms with Crippen molar-refractivity contribution in [1.82, 2.24) is 19.7 Å². The maximum atomic E-state index is 11.9. The van der Waals surface area contributed by atoms with Crippen LogP contribution in [0.4, 0.5) is 5.82 Å². The molecule has 3 heterocycles. The lowest BCUT2D eigenvalue weighted by Crippen LogP contribution is -2.35. The summed E-state index contributed by atoms with van der Waals surface area (Å²) in [6.45, 7) is -0.617. The number of nitrogens with two attached hydrogens (primary N) is 2. The predicted molar refractivity (Wildman–Crippen MR) is 77.5 cm³/mol. The van der Waals surface area contributed by atoms with Crippen molar-refractivity contribution >= 4 is 27.2 Å². The van der Waals surface area contributed by atoms with Crippen LogP contribution in [0.1, 0.15) is 6.23 Å². The number of aliphatic hydroxyl groups excluding tert-OH is 2. The van der Waals surface area contributed by atoms with Crippen LogP contribution >= 0.6 is 0 Å². The first-order valence-electron chi connectivity index (χ1n) is 6.58. The molecule has 1 aliphatic heterocycles. The molecule has 24 heavy (non-hydrogen) atoms. The van der Waals surface area contributed by atoms with Crippen molar-refractivity contribution in [2.24, 2.45) is 5.14 Å². The van der Waals surface area contributed by atoms with Crippen LogP contribution in [0.2, 0.25) is 0 Å². The van der Waals surface area contributed by atoms with E-state index in [4.69, 9.17) is 15.6 Å². The summed E-state index contributed by atoms with van der Waals surface area (Å²) in [6.07, 6.45) is -4.34. The number of ether oxygens (including phenoxy) is 1. The average Bonchev–Trinajstić information content (AvgIpc) is 2.96. The Hall–Kier alpha value is -2.10. The molecule has 4 atom stereocenters. The molecule has 0 unspecified atom stereocenters. The highest BCUT2D eigenvalue weighted by Gasteiger charge is 2.45. The van der Waals surface area contributed by atoms with Crippen LogP contribution < -0.4 is 16.4 Å². The first-order valence-corrected chi connectivity index (χ1v) is 8.05. The molecule has 0 saturated carbocycles. The number of aliphatic hydroxyl groups is 2. The maximum Gasteiger partial charge on any atom is 0.333 e. The van der Waals surface area contributed by atoms with Crippen molar-refractivity contribution in [3.8, 4) is 0 Å². The van der Waals surface area contributed by atoms with Crippen molar-refractivity contribution in [3.05, 3.63) is 16.7 Å². The van der Waals surface area contributed by atoms with E-state index in [1.165, 1.54) is 0 Å². The van der Waals surface area contributed by atoms with E-state index >= 15 is 0 Å². The van der Waals surface area contributed by atoms with Crippen molar-refractivity contribution < 1.29 is 27.6 Å². The molecular formula is C10H14N6O7S. The van der Waals surface area contributed by atoms with Gasteiger partial charge >= 0.3 is 10.3 Å². The number of aromatic amines is 1. The van der Waals surface area contributed by atoms with Gasteiger partial charge in [0.15, 0.2) is 11.9 Å². The predicted octanol–water partition coefficient (Wildman–Crippen LogP) is -3.46. The lowest BCUT2D eigenvalue weighted by atomic mass is 10.1. The second kappa shape index (κ2) is 5.76. The summed E-state index contributed by atoms with van der Waals surface area (Å²) in [5.74, 6) is -0.0675. The van der Waals surface area contributed by atoms with Crippen LogP contribution in [-0.2, 0) is 19.2 Å². The van der Waals surface area contributed by atoms with Gasteiger partial charge in [0, 0.05) is 0 Å². The molecule has 14 heteroatoms. The molecule has 0 bridgehead atoms. The Bertz CT molecular complexity index is 923. The third-order valence-corrected chi connectivity index (χ3v) is 3.99. The first kappa shape index (κ1) is 16.7. The molecule has 7 N–H and O–H groups in total. The van der Waals surface area contributed by atoms with E-state index in [0.29, 0.717) is 0 Å². The smallest absolute Gasteiger partial charge is 0.333 e. The Morgan fingerprint density at radius 1 is 1.38 bits per heavy atom. The van der Waals surface area contributed by atoms with E-state index in [-0.39, 0.29) is 16.9 Å². The Labute approximate surface area is 134 Å². The molecule has 0 radical (unpaired) electrons. The monoisotopic (exact) mass is 362 g/mol. The summed E-state index contributed by atoms with van der Waals surface area (Å²) in [6, 6.07) is 0. The SMILES string of the molecule is Nc1ncnc2c1c(=O)[nH]n2[C@@H]1O[C@H](COS(N)(=O)=O)[C@@H](O)[C@H]1O. The molecule has 132 valence electrons. The fourth-order valence-electron chi connectivity index (χ4n) is 2.43. The second-order valence-corrected chi connectivity index (χ2v) is 6.31. The summed E-state index contributed by atoms with van der Waals surface area (Å²) in [5, 5.41) is 27.2. The molecule has 1 aliphatic rings. The standard InChI is InChI=1S/C10H14N6O7S/c11-7-4-8(14-2-13-7)16(15-9(4)19)10-6(18)5(17)3(23-10)1-22-24(12,20)21/h2-3,5-6,10,17-18H,1H2,(H,15,19)(H2,11,13,14)(H2,12,20,21)/t3-,5-,6-,10-/m1/s1. The second-order valence-electron chi connectivity index (χ2n) is 5.09. The molecular weight excluding hydrogens is 348 g/mol. The van der Waals surface area contributed by atoms with Gasteiger partial charge in [-0.15, -0.1) is 0 Å². The number of nitrogen functional groups attached to an aromatic ring is 1. The van der Waals surface area contributed by atoms with Gasteiger partial charge in [-0.3, -0.25) is 14.1 Å². The van der Waals surface area contributed by atoms with E-state index in [2.05, 4.69) is 19.2 Å². The number of hydrogen-bond donors (Lipinski definition) is 5. The Balaban J connectivity index is 1.93. The van der Waals surface area contributed by atoms with Crippen LogP contribution in [0.5, 0.6) is 0 Å². The number of nitrogens with one attached hydrogen (secondary N) is 1. The molecule has 1 fully saturated rings. The van der Waals surface area contributed by atoms with Gasteiger partial charge in [0.05, 0.1) is 6.61 Å². The Kier molecular flexibility index (Phi) is 4.02. The van der Waals surface area contributed by atoms with E-state index in [9.17, 15) is 23.4 Å². The number of hydrogen-bond acceptors (Lipinski definition) is 10. The molecule has 0 spiro atoms. The quantitative estimate of drug-likeness (QED) is 0.363. The number of anilines is 1. The minimum Gasteiger partial charge on any atom is -0.387 e. The van der Waals surface area contributed by atoms with Crippen molar-refractivity contribution in [2.45, 2.75) is 24.5 Å². The van der Waals surface area contributed by atoms with Gasteiger partial charge in [-0.05, 0) is 0 Å². The van der Waals surface area contributed by atoms with Gasteiger partial charge in [-0.2, -0.15) is 8.42 Å². The summed E-state index contributed by atoms with van der Waals surface area (Å²) in [7, 11) is -4.25. The number of fused-ring (bicyclic) bond motifs is 1. The zero-order valence-corrected chi connectivity index (χ0v) is 12.8. The average molecular weight is 362 g/mol. The molecule has 2 aromatic heterocycles. The Morgan fingerprint density at radius 2 is 2.08 bits per heavy atom. The number of H-pyrrole nitrogens is 1. The van der Waals surface area contributed by atoms with E-state index in [0.717, 1.165) is 11.0 Å². The number of nitrogens with zero attached hydrogens (tertiary/aromatic N) is 3. The highest BCUT2D eigenvalue weighted by atomic mass is 32.2. The largest absolute Gasteiger partial charge is 0.387 e. The maximum absolute atomic E-state index is 11.9. The fraction of sp³-hybridized carbons (Fsp3) is 0.500. The lowest BCUT2D eigenvalue weighted by Gasteiger charge is -2.16. The number of rotatable bonds is 4. The van der Waals surface area contributed by atoms with Crippen molar-refractivity contribution in [1.29, 1.82) is 0 Å². The Morgan fingerprint density at radius 3 is 2.75 bits per heavy atom. The van der Waals surface area contributed by atoms with E-state index < -0.39 is 47.0 Å². The first-order chi connectivity index (χ1) is 11.2.